The van der Waals surface area contributed by atoms with Crippen LogP contribution in [0.2, 0.25) is 0 Å². The molecule has 1 heterocycles. The zero-order chi connectivity index (χ0) is 12.3. The molecule has 0 bridgehead atoms. The third-order valence-electron chi connectivity index (χ3n) is 2.48. The van der Waals surface area contributed by atoms with Crippen LogP contribution in [0.1, 0.15) is 17.0 Å². The number of nitrogens with two attached hydrogens (primary N) is 1. The molecule has 0 aliphatic carbocycles. The van der Waals surface area contributed by atoms with Crippen LogP contribution in [0.3, 0.4) is 0 Å². The Balaban J connectivity index is 2.07. The maximum Gasteiger partial charge on any atom is 0.220 e. The lowest BCUT2D eigenvalue weighted by atomic mass is 10.1. The molecule has 88 valence electrons. The maximum absolute atomic E-state index is 13.0. The largest absolute Gasteiger partial charge is 0.368 e. The summed E-state index contributed by atoms with van der Waals surface area (Å²) in [6, 6.07) is 8.49. The summed E-state index contributed by atoms with van der Waals surface area (Å²) in [6.07, 6.45) is 1.48. The van der Waals surface area contributed by atoms with E-state index < -0.39 is 0 Å². The van der Waals surface area contributed by atoms with Crippen LogP contribution in [0.15, 0.2) is 30.3 Å². The van der Waals surface area contributed by atoms with Crippen molar-refractivity contribution >= 4 is 5.95 Å². The van der Waals surface area contributed by atoms with Gasteiger partial charge in [0.15, 0.2) is 0 Å². The van der Waals surface area contributed by atoms with E-state index in [4.69, 9.17) is 5.73 Å². The molecule has 2 aromatic rings. The Morgan fingerprint density at radius 2 is 2.00 bits per heavy atom. The second-order valence-corrected chi connectivity index (χ2v) is 3.99. The van der Waals surface area contributed by atoms with Crippen molar-refractivity contribution in [3.63, 3.8) is 0 Å². The Kier molecular flexibility index (Phi) is 3.32. The molecule has 0 aliphatic rings. The van der Waals surface area contributed by atoms with Gasteiger partial charge in [-0.25, -0.2) is 14.4 Å². The van der Waals surface area contributed by atoms with E-state index in [1.165, 1.54) is 12.1 Å². The standard InChI is InChI=1S/C13H14FN3/c1-9-7-12(17-13(15)16-9)6-5-10-3-2-4-11(14)8-10/h2-4,7-8H,5-6H2,1H3,(H2,15,16,17). The summed E-state index contributed by atoms with van der Waals surface area (Å²) in [5.41, 5.74) is 8.27. The number of rotatable bonds is 3. The fourth-order valence-corrected chi connectivity index (χ4v) is 1.75. The molecular weight excluding hydrogens is 217 g/mol. The van der Waals surface area contributed by atoms with Crippen molar-refractivity contribution in [2.24, 2.45) is 0 Å². The fourth-order valence-electron chi connectivity index (χ4n) is 1.75. The first-order valence-corrected chi connectivity index (χ1v) is 5.48. The average molecular weight is 231 g/mol. The maximum atomic E-state index is 13.0. The summed E-state index contributed by atoms with van der Waals surface area (Å²) in [7, 11) is 0. The highest BCUT2D eigenvalue weighted by atomic mass is 19.1. The first-order chi connectivity index (χ1) is 8.13. The molecule has 0 fully saturated rings. The quantitative estimate of drug-likeness (QED) is 0.881. The number of anilines is 1. The Labute approximate surface area is 99.5 Å². The minimum absolute atomic E-state index is 0.208. The van der Waals surface area contributed by atoms with E-state index in [1.807, 2.05) is 19.1 Å². The van der Waals surface area contributed by atoms with Crippen molar-refractivity contribution in [1.29, 1.82) is 0 Å². The molecule has 0 atom stereocenters. The van der Waals surface area contributed by atoms with Crippen molar-refractivity contribution < 1.29 is 4.39 Å². The minimum atomic E-state index is -0.208. The molecule has 0 saturated heterocycles. The van der Waals surface area contributed by atoms with Gasteiger partial charge < -0.3 is 5.73 Å². The van der Waals surface area contributed by atoms with E-state index in [9.17, 15) is 4.39 Å². The van der Waals surface area contributed by atoms with Gasteiger partial charge in [-0.3, -0.25) is 0 Å². The van der Waals surface area contributed by atoms with Crippen LogP contribution < -0.4 is 5.73 Å². The summed E-state index contributed by atoms with van der Waals surface area (Å²) in [5.74, 6) is 0.0834. The van der Waals surface area contributed by atoms with E-state index in [1.54, 1.807) is 6.07 Å². The number of nitrogens with zero attached hydrogens (tertiary/aromatic N) is 2. The molecule has 3 nitrogen and oxygen atoms in total. The summed E-state index contributed by atoms with van der Waals surface area (Å²) < 4.78 is 13.0. The highest BCUT2D eigenvalue weighted by molar-refractivity contribution is 5.23. The third kappa shape index (κ3) is 3.24. The van der Waals surface area contributed by atoms with E-state index in [0.29, 0.717) is 5.95 Å². The smallest absolute Gasteiger partial charge is 0.220 e. The van der Waals surface area contributed by atoms with Crippen LogP contribution >= 0.6 is 0 Å². The predicted octanol–water partition coefficient (Wildman–Crippen LogP) is 2.29. The zero-order valence-corrected chi connectivity index (χ0v) is 9.65. The van der Waals surface area contributed by atoms with E-state index in [-0.39, 0.29) is 5.82 Å². The highest BCUT2D eigenvalue weighted by Crippen LogP contribution is 2.09. The van der Waals surface area contributed by atoms with Crippen LogP contribution in [-0.2, 0) is 12.8 Å². The Hall–Kier alpha value is -1.97. The summed E-state index contributed by atoms with van der Waals surface area (Å²) >= 11 is 0. The number of hydrogen-bond donors (Lipinski definition) is 1. The number of aryl methyl sites for hydroxylation is 3. The molecule has 2 N–H and O–H groups in total. The van der Waals surface area contributed by atoms with Gasteiger partial charge >= 0.3 is 0 Å². The number of hydrogen-bond acceptors (Lipinski definition) is 3. The molecule has 0 unspecified atom stereocenters. The van der Waals surface area contributed by atoms with Gasteiger partial charge in [-0.1, -0.05) is 12.1 Å². The number of nitrogen functional groups attached to an aromatic ring is 1. The molecule has 0 radical (unpaired) electrons. The summed E-state index contributed by atoms with van der Waals surface area (Å²) in [6.45, 7) is 1.88. The highest BCUT2D eigenvalue weighted by Gasteiger charge is 2.01. The molecule has 0 amide bonds. The topological polar surface area (TPSA) is 51.8 Å². The van der Waals surface area contributed by atoms with E-state index in [0.717, 1.165) is 29.8 Å². The average Bonchev–Trinajstić information content (AvgIpc) is 2.25. The molecule has 1 aromatic heterocycles. The first-order valence-electron chi connectivity index (χ1n) is 5.48. The molecular formula is C13H14FN3. The Morgan fingerprint density at radius 3 is 2.71 bits per heavy atom. The van der Waals surface area contributed by atoms with Crippen molar-refractivity contribution in [2.75, 3.05) is 5.73 Å². The molecule has 0 spiro atoms. The zero-order valence-electron chi connectivity index (χ0n) is 9.65. The van der Waals surface area contributed by atoms with Crippen molar-refractivity contribution in [3.05, 3.63) is 53.1 Å². The molecule has 1 aromatic carbocycles. The third-order valence-corrected chi connectivity index (χ3v) is 2.48. The van der Waals surface area contributed by atoms with Gasteiger partial charge in [-0.2, -0.15) is 0 Å². The monoisotopic (exact) mass is 231 g/mol. The number of benzene rings is 1. The van der Waals surface area contributed by atoms with Gasteiger partial charge in [-0.15, -0.1) is 0 Å². The van der Waals surface area contributed by atoms with Gasteiger partial charge in [0.05, 0.1) is 0 Å². The molecule has 17 heavy (non-hydrogen) atoms. The van der Waals surface area contributed by atoms with Crippen LogP contribution in [0, 0.1) is 12.7 Å². The number of halogens is 1. The van der Waals surface area contributed by atoms with Crippen LogP contribution in [0.25, 0.3) is 0 Å². The first kappa shape index (κ1) is 11.5. The number of aromatic nitrogens is 2. The van der Waals surface area contributed by atoms with Gasteiger partial charge in [0.2, 0.25) is 5.95 Å². The molecule has 4 heteroatoms. The van der Waals surface area contributed by atoms with Crippen LogP contribution in [0.4, 0.5) is 10.3 Å². The minimum Gasteiger partial charge on any atom is -0.368 e. The second-order valence-electron chi connectivity index (χ2n) is 3.99. The summed E-state index contributed by atoms with van der Waals surface area (Å²) in [4.78, 5) is 8.15. The lowest BCUT2D eigenvalue weighted by molar-refractivity contribution is 0.625. The predicted molar refractivity (Wildman–Crippen MR) is 65.0 cm³/mol. The van der Waals surface area contributed by atoms with E-state index in [2.05, 4.69) is 9.97 Å². The van der Waals surface area contributed by atoms with Crippen LogP contribution in [0.5, 0.6) is 0 Å². The second kappa shape index (κ2) is 4.91. The van der Waals surface area contributed by atoms with Crippen molar-refractivity contribution in [2.45, 2.75) is 19.8 Å². The Bertz CT molecular complexity index is 506. The lowest BCUT2D eigenvalue weighted by Gasteiger charge is -2.03. The SMILES string of the molecule is Cc1cc(CCc2cccc(F)c2)nc(N)n1. The molecule has 0 saturated carbocycles. The summed E-state index contributed by atoms with van der Waals surface area (Å²) in [5, 5.41) is 0. The van der Waals surface area contributed by atoms with Crippen LogP contribution in [-0.4, -0.2) is 9.97 Å². The molecule has 2 rings (SSSR count). The normalized spacial score (nSPS) is 10.5. The fraction of sp³-hybridized carbons (Fsp3) is 0.231. The van der Waals surface area contributed by atoms with Gasteiger partial charge in [0, 0.05) is 11.4 Å². The Morgan fingerprint density at radius 1 is 1.18 bits per heavy atom. The lowest BCUT2D eigenvalue weighted by Crippen LogP contribution is -2.02. The van der Waals surface area contributed by atoms with Gasteiger partial charge in [0.1, 0.15) is 5.82 Å². The van der Waals surface area contributed by atoms with Crippen molar-refractivity contribution in [3.8, 4) is 0 Å². The van der Waals surface area contributed by atoms with Gasteiger partial charge in [0.25, 0.3) is 0 Å². The molecule has 0 aliphatic heterocycles. The van der Waals surface area contributed by atoms with E-state index >= 15 is 0 Å². The van der Waals surface area contributed by atoms with Crippen molar-refractivity contribution in [1.82, 2.24) is 9.97 Å². The van der Waals surface area contributed by atoms with Gasteiger partial charge in [-0.05, 0) is 43.5 Å².